The van der Waals surface area contributed by atoms with Crippen LogP contribution >= 0.6 is 0 Å². The SMILES string of the molecule is CCCCCNNC(=O)[C@@]1(Cc2ccccc2N=[N+]=[N-])N=C(c2ccc(OCCCO)cc2)O[C@H]1c1ccc(-c2ccccc2)cc1. The third kappa shape index (κ3) is 8.17. The third-order valence-electron chi connectivity index (χ3n) is 8.06. The fourth-order valence-corrected chi connectivity index (χ4v) is 5.57. The zero-order chi connectivity index (χ0) is 32.9. The summed E-state index contributed by atoms with van der Waals surface area (Å²) in [6.45, 7) is 3.18. The molecule has 2 atom stereocenters. The molecule has 0 aliphatic carbocycles. The molecule has 1 aliphatic heterocycles. The molecule has 0 saturated carbocycles. The smallest absolute Gasteiger partial charge is 0.266 e. The molecular weight excluding hydrogens is 592 g/mol. The van der Waals surface area contributed by atoms with Crippen molar-refractivity contribution < 1.29 is 19.4 Å². The van der Waals surface area contributed by atoms with Gasteiger partial charge in [-0.3, -0.25) is 10.2 Å². The zero-order valence-electron chi connectivity index (χ0n) is 26.5. The number of nitrogens with zero attached hydrogens (tertiary/aromatic N) is 4. The quantitative estimate of drug-likeness (QED) is 0.0389. The lowest BCUT2D eigenvalue weighted by molar-refractivity contribution is -0.130. The zero-order valence-corrected chi connectivity index (χ0v) is 26.5. The van der Waals surface area contributed by atoms with E-state index in [1.165, 1.54) is 0 Å². The van der Waals surface area contributed by atoms with E-state index >= 15 is 0 Å². The summed E-state index contributed by atoms with van der Waals surface area (Å²) in [7, 11) is 0. The summed E-state index contributed by atoms with van der Waals surface area (Å²) in [5, 5.41) is 13.0. The molecule has 10 nitrogen and oxygen atoms in total. The van der Waals surface area contributed by atoms with E-state index in [-0.39, 0.29) is 18.9 Å². The molecule has 1 amide bonds. The van der Waals surface area contributed by atoms with Gasteiger partial charge in [-0.1, -0.05) is 104 Å². The molecule has 1 heterocycles. The van der Waals surface area contributed by atoms with E-state index in [2.05, 4.69) is 27.8 Å². The number of carbonyl (C=O) groups excluding carboxylic acids is 1. The van der Waals surface area contributed by atoms with Crippen molar-refractivity contribution in [3.63, 3.8) is 0 Å². The van der Waals surface area contributed by atoms with E-state index in [0.717, 1.165) is 36.0 Å². The van der Waals surface area contributed by atoms with Crippen molar-refractivity contribution in [3.8, 4) is 16.9 Å². The molecule has 1 aliphatic rings. The summed E-state index contributed by atoms with van der Waals surface area (Å²) < 4.78 is 12.4. The lowest BCUT2D eigenvalue weighted by Crippen LogP contribution is -2.54. The van der Waals surface area contributed by atoms with Crippen LogP contribution in [0.3, 0.4) is 0 Å². The predicted molar refractivity (Wildman–Crippen MR) is 183 cm³/mol. The number of nitrogens with one attached hydrogen (secondary N) is 2. The Morgan fingerprint density at radius 1 is 0.936 bits per heavy atom. The van der Waals surface area contributed by atoms with Crippen molar-refractivity contribution in [2.45, 2.75) is 50.7 Å². The monoisotopic (exact) mass is 632 g/mol. The number of aliphatic hydroxyl groups excluding tert-OH is 1. The summed E-state index contributed by atoms with van der Waals surface area (Å²) >= 11 is 0. The molecule has 0 bridgehead atoms. The molecule has 0 spiro atoms. The first-order valence-electron chi connectivity index (χ1n) is 16.0. The number of hydrogen-bond donors (Lipinski definition) is 3. The lowest BCUT2D eigenvalue weighted by Gasteiger charge is -2.31. The molecule has 10 heteroatoms. The maximum absolute atomic E-state index is 14.4. The van der Waals surface area contributed by atoms with Gasteiger partial charge in [-0.2, -0.15) is 0 Å². The van der Waals surface area contributed by atoms with Gasteiger partial charge in [-0.15, -0.1) is 0 Å². The Balaban J connectivity index is 1.57. The average molecular weight is 633 g/mol. The third-order valence-corrected chi connectivity index (χ3v) is 8.06. The Hall–Kier alpha value is -5.15. The molecule has 0 unspecified atom stereocenters. The van der Waals surface area contributed by atoms with Gasteiger partial charge >= 0.3 is 0 Å². The van der Waals surface area contributed by atoms with Crippen LogP contribution in [0.5, 0.6) is 5.75 Å². The first-order chi connectivity index (χ1) is 23.1. The number of hydrogen-bond acceptors (Lipinski definition) is 7. The van der Waals surface area contributed by atoms with Crippen molar-refractivity contribution in [1.82, 2.24) is 10.9 Å². The Morgan fingerprint density at radius 2 is 1.64 bits per heavy atom. The van der Waals surface area contributed by atoms with Crippen LogP contribution in [0.2, 0.25) is 0 Å². The average Bonchev–Trinajstić information content (AvgIpc) is 3.50. The second kappa shape index (κ2) is 16.4. The van der Waals surface area contributed by atoms with Crippen LogP contribution in [-0.4, -0.2) is 42.2 Å². The fraction of sp³-hybridized carbons (Fsp3) is 0.297. The van der Waals surface area contributed by atoms with Gasteiger partial charge < -0.3 is 14.6 Å². The summed E-state index contributed by atoms with van der Waals surface area (Å²) in [4.78, 5) is 22.5. The maximum atomic E-state index is 14.4. The van der Waals surface area contributed by atoms with Crippen LogP contribution in [0.15, 0.2) is 113 Å². The number of aliphatic imine (C=N–C) groups is 1. The van der Waals surface area contributed by atoms with E-state index < -0.39 is 11.6 Å². The summed E-state index contributed by atoms with van der Waals surface area (Å²) in [6, 6.07) is 32.6. The minimum atomic E-state index is -1.46. The molecular formula is C37H40N6O4. The standard InChI is InChI=1S/C37H40N6O4/c1-2-3-9-23-39-42-36(45)37(26-31-13-7-8-14-33(31)41-43-38)34(29-17-15-28(16-18-29)27-11-5-4-6-12-27)47-35(40-37)30-19-21-32(22-20-30)46-25-10-24-44/h4-8,11-22,34,39,44H,2-3,9-10,23-26H2,1H3,(H,42,45)/t34-,37-/m0/s1. The molecule has 5 rings (SSSR count). The van der Waals surface area contributed by atoms with Crippen molar-refractivity contribution in [2.75, 3.05) is 19.8 Å². The number of unbranched alkanes of at least 4 members (excludes halogenated alkanes) is 2. The van der Waals surface area contributed by atoms with Gasteiger partial charge in [0.1, 0.15) is 5.75 Å². The van der Waals surface area contributed by atoms with Gasteiger partial charge in [0, 0.05) is 42.2 Å². The van der Waals surface area contributed by atoms with Crippen LogP contribution < -0.4 is 15.6 Å². The molecule has 242 valence electrons. The Labute approximate surface area is 275 Å². The highest BCUT2D eigenvalue weighted by molar-refractivity contribution is 6.01. The van der Waals surface area contributed by atoms with E-state index in [0.29, 0.717) is 48.0 Å². The highest BCUT2D eigenvalue weighted by Crippen LogP contribution is 2.44. The number of benzene rings is 4. The lowest BCUT2D eigenvalue weighted by atomic mass is 9.81. The van der Waals surface area contributed by atoms with Crippen LogP contribution in [0.1, 0.15) is 55.4 Å². The van der Waals surface area contributed by atoms with Crippen LogP contribution in [0.4, 0.5) is 5.69 Å². The summed E-state index contributed by atoms with van der Waals surface area (Å²) in [5.41, 5.74) is 18.5. The summed E-state index contributed by atoms with van der Waals surface area (Å²) in [6.07, 6.45) is 2.84. The van der Waals surface area contributed by atoms with Gasteiger partial charge in [0.25, 0.3) is 5.91 Å². The number of ether oxygens (including phenoxy) is 2. The van der Waals surface area contributed by atoms with Crippen LogP contribution in [0.25, 0.3) is 21.6 Å². The second-order valence-electron chi connectivity index (χ2n) is 11.4. The van der Waals surface area contributed by atoms with Crippen molar-refractivity contribution in [3.05, 3.63) is 130 Å². The largest absolute Gasteiger partial charge is 0.494 e. The molecule has 0 radical (unpaired) electrons. The summed E-state index contributed by atoms with van der Waals surface area (Å²) in [5.74, 6) is 0.602. The van der Waals surface area contributed by atoms with E-state index in [9.17, 15) is 10.3 Å². The minimum Gasteiger partial charge on any atom is -0.494 e. The minimum absolute atomic E-state index is 0.0524. The molecule has 0 fully saturated rings. The van der Waals surface area contributed by atoms with E-state index in [4.69, 9.17) is 19.6 Å². The van der Waals surface area contributed by atoms with Gasteiger partial charge in [0.05, 0.1) is 6.61 Å². The number of hydrazine groups is 1. The van der Waals surface area contributed by atoms with E-state index in [1.54, 1.807) is 12.1 Å². The first kappa shape index (κ1) is 33.2. The van der Waals surface area contributed by atoms with Gasteiger partial charge in [-0.05, 0) is 58.5 Å². The van der Waals surface area contributed by atoms with Crippen molar-refractivity contribution in [2.24, 2.45) is 10.1 Å². The maximum Gasteiger partial charge on any atom is 0.266 e. The highest BCUT2D eigenvalue weighted by atomic mass is 16.5. The number of rotatable bonds is 16. The number of azide groups is 1. The number of amides is 1. The van der Waals surface area contributed by atoms with Crippen LogP contribution in [-0.2, 0) is 16.0 Å². The van der Waals surface area contributed by atoms with Gasteiger partial charge in [-0.25, -0.2) is 10.4 Å². The molecule has 47 heavy (non-hydrogen) atoms. The van der Waals surface area contributed by atoms with Gasteiger partial charge in [0.15, 0.2) is 11.6 Å². The number of carbonyl (C=O) groups is 1. The molecule has 3 N–H and O–H groups in total. The van der Waals surface area contributed by atoms with E-state index in [1.807, 2.05) is 91.0 Å². The topological polar surface area (TPSA) is 141 Å². The van der Waals surface area contributed by atoms with Crippen LogP contribution in [0, 0.1) is 0 Å². The molecule has 0 saturated heterocycles. The predicted octanol–water partition coefficient (Wildman–Crippen LogP) is 7.37. The fourth-order valence-electron chi connectivity index (χ4n) is 5.57. The number of aliphatic hydroxyl groups is 1. The molecule has 0 aromatic heterocycles. The second-order valence-corrected chi connectivity index (χ2v) is 11.4. The van der Waals surface area contributed by atoms with Crippen molar-refractivity contribution >= 4 is 17.5 Å². The van der Waals surface area contributed by atoms with Crippen molar-refractivity contribution in [1.29, 1.82) is 0 Å². The molecule has 4 aromatic rings. The first-order valence-corrected chi connectivity index (χ1v) is 16.0. The normalized spacial score (nSPS) is 16.9. The molecule has 4 aromatic carbocycles. The Morgan fingerprint density at radius 3 is 2.36 bits per heavy atom. The highest BCUT2D eigenvalue weighted by Gasteiger charge is 2.53. The Kier molecular flexibility index (Phi) is 11.6. The Bertz CT molecular complexity index is 1690. The van der Waals surface area contributed by atoms with Gasteiger partial charge in [0.2, 0.25) is 5.90 Å².